The Morgan fingerprint density at radius 2 is 2.33 bits per heavy atom. The van der Waals surface area contributed by atoms with Gasteiger partial charge in [-0.1, -0.05) is 0 Å². The summed E-state index contributed by atoms with van der Waals surface area (Å²) in [5.74, 6) is 0.651. The predicted octanol–water partition coefficient (Wildman–Crippen LogP) is 0.0294. The molecule has 1 aromatic rings. The molecule has 0 amide bonds. The van der Waals surface area contributed by atoms with Crippen LogP contribution in [0.3, 0.4) is 0 Å². The summed E-state index contributed by atoms with van der Waals surface area (Å²) in [6, 6.07) is 0. The van der Waals surface area contributed by atoms with E-state index in [4.69, 9.17) is 17.2 Å². The summed E-state index contributed by atoms with van der Waals surface area (Å²) in [6.45, 7) is 0. The van der Waals surface area contributed by atoms with Crippen LogP contribution >= 0.6 is 35.5 Å². The summed E-state index contributed by atoms with van der Waals surface area (Å²) < 4.78 is 2.75. The Balaban J connectivity index is 2.46. The summed E-state index contributed by atoms with van der Waals surface area (Å²) in [4.78, 5) is 8.00. The summed E-state index contributed by atoms with van der Waals surface area (Å²) in [5.41, 5.74) is 16.6. The topological polar surface area (TPSA) is 115 Å². The van der Waals surface area contributed by atoms with Gasteiger partial charge in [0.1, 0.15) is 0 Å². The van der Waals surface area contributed by atoms with Crippen LogP contribution in [-0.4, -0.2) is 16.1 Å². The third-order valence-electron chi connectivity index (χ3n) is 1.16. The van der Waals surface area contributed by atoms with Crippen molar-refractivity contribution in [2.75, 3.05) is 0 Å². The molecule has 0 fully saturated rings. The minimum absolute atomic E-state index is 0.00446. The number of nitrogens with zero attached hydrogens (tertiary/aromatic N) is 2. The largest absolute Gasteiger partial charge is 0.376 e. The van der Waals surface area contributed by atoms with Gasteiger partial charge in [-0.15, -0.1) is 11.3 Å². The fourth-order valence-corrected chi connectivity index (χ4v) is 2.20. The zero-order valence-corrected chi connectivity index (χ0v) is 10.1. The Morgan fingerprint density at radius 3 is 2.93 bits per heavy atom. The second kappa shape index (κ2) is 5.73. The van der Waals surface area contributed by atoms with Crippen LogP contribution in [0.2, 0.25) is 0 Å². The molecule has 0 aliphatic carbocycles. The highest BCUT2D eigenvalue weighted by Crippen LogP contribution is 2.20. The van der Waals surface area contributed by atoms with Crippen molar-refractivity contribution < 1.29 is 0 Å². The molecule has 9 heteroatoms. The lowest BCUT2D eigenvalue weighted by atomic mass is 10.6. The van der Waals surface area contributed by atoms with E-state index in [-0.39, 0.29) is 11.1 Å². The Labute approximate surface area is 100 Å². The molecule has 0 aromatic carbocycles. The lowest BCUT2D eigenvalue weighted by Crippen LogP contribution is -2.22. The quantitative estimate of drug-likeness (QED) is 0.262. The normalized spacial score (nSPS) is 9.60. The fourth-order valence-electron chi connectivity index (χ4n) is 0.706. The number of aromatic nitrogens is 1. The highest BCUT2D eigenvalue weighted by Gasteiger charge is 2.01. The van der Waals surface area contributed by atoms with Gasteiger partial charge in [-0.05, 0) is 24.2 Å². The molecule has 7 N–H and O–H groups in total. The number of thiazole rings is 1. The summed E-state index contributed by atoms with van der Waals surface area (Å²) >= 11 is 7.38. The van der Waals surface area contributed by atoms with Gasteiger partial charge in [0.25, 0.3) is 0 Å². The standard InChI is InChI=1S/C6H10N6S3/c7-4(8)11-6-10-3(1-14-6)2-15-12-5(9)13/h1H,2H2,(H3,9,12,13)(H4,7,8,10,11). The Hall–Kier alpha value is -1.06. The van der Waals surface area contributed by atoms with E-state index in [0.717, 1.165) is 5.69 Å². The first kappa shape index (κ1) is 12.0. The molecule has 0 saturated carbocycles. The first-order chi connectivity index (χ1) is 7.08. The zero-order valence-electron chi connectivity index (χ0n) is 7.64. The molecule has 1 aromatic heterocycles. The van der Waals surface area contributed by atoms with Crippen molar-refractivity contribution in [3.63, 3.8) is 0 Å². The molecule has 1 heterocycles. The lowest BCUT2D eigenvalue weighted by Gasteiger charge is -1.98. The maximum atomic E-state index is 5.25. The number of rotatable bonds is 4. The van der Waals surface area contributed by atoms with Crippen LogP contribution in [0.4, 0.5) is 5.13 Å². The molecule has 1 rings (SSSR count). The molecule has 0 unspecified atom stereocenters. The molecule has 6 nitrogen and oxygen atoms in total. The molecule has 82 valence electrons. The summed E-state index contributed by atoms with van der Waals surface area (Å²) in [6.07, 6.45) is 0. The monoisotopic (exact) mass is 262 g/mol. The second-order valence-corrected chi connectivity index (χ2v) is 4.47. The first-order valence-corrected chi connectivity index (χ1v) is 6.06. The minimum Gasteiger partial charge on any atom is -0.376 e. The van der Waals surface area contributed by atoms with Gasteiger partial charge in [0, 0.05) is 5.38 Å². The van der Waals surface area contributed by atoms with Crippen molar-refractivity contribution in [1.82, 2.24) is 9.71 Å². The third-order valence-corrected chi connectivity index (χ3v) is 2.98. The van der Waals surface area contributed by atoms with Crippen molar-refractivity contribution in [3.05, 3.63) is 11.1 Å². The zero-order chi connectivity index (χ0) is 11.3. The Morgan fingerprint density at radius 1 is 1.60 bits per heavy atom. The van der Waals surface area contributed by atoms with E-state index in [2.05, 4.69) is 26.9 Å². The van der Waals surface area contributed by atoms with Gasteiger partial charge in [-0.25, -0.2) is 4.98 Å². The third kappa shape index (κ3) is 4.81. The molecular weight excluding hydrogens is 252 g/mol. The van der Waals surface area contributed by atoms with Gasteiger partial charge in [0.15, 0.2) is 11.1 Å². The van der Waals surface area contributed by atoms with Gasteiger partial charge in [0.05, 0.1) is 11.4 Å². The van der Waals surface area contributed by atoms with Crippen molar-refractivity contribution in [3.8, 4) is 0 Å². The maximum Gasteiger partial charge on any atom is 0.212 e. The van der Waals surface area contributed by atoms with Crippen LogP contribution in [0.25, 0.3) is 0 Å². The number of hydrogen-bond donors (Lipinski definition) is 4. The number of nitrogens with one attached hydrogen (secondary N) is 1. The van der Waals surface area contributed by atoms with Crippen molar-refractivity contribution >= 4 is 51.7 Å². The molecule has 0 bridgehead atoms. The molecule has 0 aliphatic heterocycles. The number of thiocarbonyl (C=S) groups is 1. The van der Waals surface area contributed by atoms with Gasteiger partial charge < -0.3 is 21.9 Å². The first-order valence-electron chi connectivity index (χ1n) is 3.79. The van der Waals surface area contributed by atoms with E-state index < -0.39 is 0 Å². The van der Waals surface area contributed by atoms with E-state index in [0.29, 0.717) is 10.9 Å². The van der Waals surface area contributed by atoms with E-state index in [1.807, 2.05) is 5.38 Å². The van der Waals surface area contributed by atoms with Crippen molar-refractivity contribution in [2.45, 2.75) is 5.75 Å². The average Bonchev–Trinajstić information content (AvgIpc) is 2.50. The van der Waals surface area contributed by atoms with Gasteiger partial charge >= 0.3 is 0 Å². The average molecular weight is 262 g/mol. The maximum absolute atomic E-state index is 5.25. The fraction of sp³-hybridized carbons (Fsp3) is 0.167. The van der Waals surface area contributed by atoms with Gasteiger partial charge in [0.2, 0.25) is 5.13 Å². The molecular formula is C6H10N6S3. The van der Waals surface area contributed by atoms with E-state index in [1.165, 1.54) is 23.3 Å². The van der Waals surface area contributed by atoms with E-state index in [1.54, 1.807) is 0 Å². The predicted molar refractivity (Wildman–Crippen MR) is 68.8 cm³/mol. The van der Waals surface area contributed by atoms with Crippen molar-refractivity contribution in [2.24, 2.45) is 22.2 Å². The second-order valence-electron chi connectivity index (χ2n) is 2.41. The van der Waals surface area contributed by atoms with E-state index in [9.17, 15) is 0 Å². The minimum atomic E-state index is 0.00446. The number of nitrogens with two attached hydrogens (primary N) is 3. The van der Waals surface area contributed by atoms with Gasteiger partial charge in [-0.3, -0.25) is 0 Å². The van der Waals surface area contributed by atoms with Crippen LogP contribution in [0.5, 0.6) is 0 Å². The molecule has 0 atom stereocenters. The number of guanidine groups is 1. The molecule has 0 saturated heterocycles. The highest BCUT2D eigenvalue weighted by atomic mass is 32.2. The summed E-state index contributed by atoms with van der Waals surface area (Å²) in [5, 5.41) is 2.66. The Bertz CT molecular complexity index is 369. The lowest BCUT2D eigenvalue weighted by molar-refractivity contribution is 1.21. The number of aliphatic imine (C=N–C) groups is 1. The SMILES string of the molecule is NC(=S)NSCc1csc(N=C(N)N)n1. The molecule has 0 spiro atoms. The van der Waals surface area contributed by atoms with Crippen LogP contribution < -0.4 is 21.9 Å². The highest BCUT2D eigenvalue weighted by molar-refractivity contribution is 7.98. The van der Waals surface area contributed by atoms with Crippen LogP contribution in [0.1, 0.15) is 5.69 Å². The Kier molecular flexibility index (Phi) is 4.59. The van der Waals surface area contributed by atoms with Crippen molar-refractivity contribution in [1.29, 1.82) is 0 Å². The van der Waals surface area contributed by atoms with E-state index >= 15 is 0 Å². The van der Waals surface area contributed by atoms with Gasteiger partial charge in [-0.2, -0.15) is 4.99 Å². The molecule has 15 heavy (non-hydrogen) atoms. The summed E-state index contributed by atoms with van der Waals surface area (Å²) in [7, 11) is 0. The van der Waals surface area contributed by atoms with Crippen LogP contribution in [0, 0.1) is 0 Å². The number of hydrogen-bond acceptors (Lipinski definition) is 5. The molecule has 0 aliphatic rings. The molecule has 0 radical (unpaired) electrons. The van der Waals surface area contributed by atoms with Crippen LogP contribution in [-0.2, 0) is 5.75 Å². The van der Waals surface area contributed by atoms with Crippen LogP contribution in [0.15, 0.2) is 10.4 Å². The smallest absolute Gasteiger partial charge is 0.212 e.